The summed E-state index contributed by atoms with van der Waals surface area (Å²) in [6, 6.07) is 0. The monoisotopic (exact) mass is 223 g/mol. The smallest absolute Gasteiger partial charge is 0.406 e. The van der Waals surface area contributed by atoms with Crippen LogP contribution in [-0.2, 0) is 4.79 Å². The third-order valence-corrected chi connectivity index (χ3v) is 2.69. The summed E-state index contributed by atoms with van der Waals surface area (Å²) in [5.41, 5.74) is -2.60. The van der Waals surface area contributed by atoms with E-state index in [1.807, 2.05) is 0 Å². The summed E-state index contributed by atoms with van der Waals surface area (Å²) in [5, 5.41) is 8.71. The average Bonchev–Trinajstić information content (AvgIpc) is 2.49. The van der Waals surface area contributed by atoms with Crippen LogP contribution >= 0.6 is 0 Å². The average molecular weight is 223 g/mol. The van der Waals surface area contributed by atoms with Crippen LogP contribution in [0.25, 0.3) is 0 Å². The van der Waals surface area contributed by atoms with E-state index in [1.165, 1.54) is 11.0 Å². The molecule has 1 saturated heterocycles. The fraction of sp³-hybridized carbons (Fsp3) is 0.667. The Morgan fingerprint density at radius 1 is 1.60 bits per heavy atom. The van der Waals surface area contributed by atoms with Gasteiger partial charge in [-0.05, 0) is 13.0 Å². The number of carboxylic acids is 1. The molecule has 0 aromatic carbocycles. The fourth-order valence-corrected chi connectivity index (χ4v) is 1.75. The van der Waals surface area contributed by atoms with Crippen molar-refractivity contribution in [2.45, 2.75) is 12.6 Å². The van der Waals surface area contributed by atoms with Crippen LogP contribution < -0.4 is 0 Å². The van der Waals surface area contributed by atoms with Crippen molar-refractivity contribution in [3.8, 4) is 0 Å². The molecule has 0 saturated carbocycles. The summed E-state index contributed by atoms with van der Waals surface area (Å²) in [4.78, 5) is 12.2. The van der Waals surface area contributed by atoms with Gasteiger partial charge in [-0.2, -0.15) is 13.2 Å². The third-order valence-electron chi connectivity index (χ3n) is 2.69. The number of hydrogen-bond donors (Lipinski definition) is 1. The standard InChI is InChI=1S/C9H12F3NO2/c1-2-4-13-5-3-8(6-13,7(14)15)9(10,11)12/h2H,1,3-6H2,(H,14,15). The van der Waals surface area contributed by atoms with E-state index in [2.05, 4.69) is 6.58 Å². The molecule has 1 aliphatic heterocycles. The van der Waals surface area contributed by atoms with Crippen molar-refractivity contribution in [1.29, 1.82) is 0 Å². The second-order valence-electron chi connectivity index (χ2n) is 3.66. The minimum Gasteiger partial charge on any atom is -0.481 e. The number of hydrogen-bond acceptors (Lipinski definition) is 2. The van der Waals surface area contributed by atoms with Crippen LogP contribution in [0.3, 0.4) is 0 Å². The van der Waals surface area contributed by atoms with E-state index in [9.17, 15) is 18.0 Å². The van der Waals surface area contributed by atoms with Crippen molar-refractivity contribution in [2.24, 2.45) is 5.41 Å². The summed E-state index contributed by atoms with van der Waals surface area (Å²) in [6.45, 7) is 3.34. The Labute approximate surface area is 85.2 Å². The molecule has 1 N–H and O–H groups in total. The number of carboxylic acid groups (broad SMARTS) is 1. The van der Waals surface area contributed by atoms with E-state index < -0.39 is 24.1 Å². The third kappa shape index (κ3) is 1.99. The van der Waals surface area contributed by atoms with Gasteiger partial charge in [0.15, 0.2) is 5.41 Å². The number of aliphatic carboxylic acids is 1. The predicted molar refractivity (Wildman–Crippen MR) is 47.4 cm³/mol. The van der Waals surface area contributed by atoms with Crippen molar-refractivity contribution < 1.29 is 23.1 Å². The molecule has 0 radical (unpaired) electrons. The molecule has 3 nitrogen and oxygen atoms in total. The van der Waals surface area contributed by atoms with Gasteiger partial charge < -0.3 is 5.11 Å². The molecule has 0 amide bonds. The van der Waals surface area contributed by atoms with Gasteiger partial charge in [-0.25, -0.2) is 0 Å². The topological polar surface area (TPSA) is 40.5 Å². The lowest BCUT2D eigenvalue weighted by Crippen LogP contribution is -2.47. The molecule has 1 rings (SSSR count). The SMILES string of the molecule is C=CCN1CCC(C(=O)O)(C(F)(F)F)C1. The van der Waals surface area contributed by atoms with Gasteiger partial charge in [0.05, 0.1) is 0 Å². The van der Waals surface area contributed by atoms with Gasteiger partial charge in [0.25, 0.3) is 0 Å². The highest BCUT2D eigenvalue weighted by Gasteiger charge is 2.63. The maximum absolute atomic E-state index is 12.6. The molecule has 6 heteroatoms. The van der Waals surface area contributed by atoms with Crippen molar-refractivity contribution in [1.82, 2.24) is 4.90 Å². The minimum atomic E-state index is -4.70. The van der Waals surface area contributed by atoms with E-state index in [1.54, 1.807) is 0 Å². The Morgan fingerprint density at radius 2 is 2.20 bits per heavy atom. The summed E-state index contributed by atoms with van der Waals surface area (Å²) in [7, 11) is 0. The molecular weight excluding hydrogens is 211 g/mol. The Bertz CT molecular complexity index is 277. The van der Waals surface area contributed by atoms with Crippen LogP contribution in [0.1, 0.15) is 6.42 Å². The quantitative estimate of drug-likeness (QED) is 0.737. The van der Waals surface area contributed by atoms with Crippen LogP contribution in [0, 0.1) is 5.41 Å². The predicted octanol–water partition coefficient (Wildman–Crippen LogP) is 1.51. The van der Waals surface area contributed by atoms with Crippen LogP contribution in [-0.4, -0.2) is 41.8 Å². The Hall–Kier alpha value is -1.04. The first-order valence-corrected chi connectivity index (χ1v) is 4.47. The lowest BCUT2D eigenvalue weighted by molar-refractivity contribution is -0.227. The molecule has 86 valence electrons. The van der Waals surface area contributed by atoms with Crippen molar-refractivity contribution in [3.63, 3.8) is 0 Å². The highest BCUT2D eigenvalue weighted by molar-refractivity contribution is 5.76. The zero-order valence-electron chi connectivity index (χ0n) is 8.05. The Balaban J connectivity index is 2.88. The highest BCUT2D eigenvalue weighted by atomic mass is 19.4. The number of nitrogens with zero attached hydrogens (tertiary/aromatic N) is 1. The van der Waals surface area contributed by atoms with Crippen LogP contribution in [0.2, 0.25) is 0 Å². The second kappa shape index (κ2) is 3.84. The summed E-state index contributed by atoms with van der Waals surface area (Å²) < 4.78 is 37.9. The van der Waals surface area contributed by atoms with Gasteiger partial charge in [0.2, 0.25) is 0 Å². The van der Waals surface area contributed by atoms with E-state index >= 15 is 0 Å². The summed E-state index contributed by atoms with van der Waals surface area (Å²) in [6.07, 6.45) is -3.62. The van der Waals surface area contributed by atoms with Crippen LogP contribution in [0.5, 0.6) is 0 Å². The first-order valence-electron chi connectivity index (χ1n) is 4.47. The Kier molecular flexibility index (Phi) is 3.08. The molecule has 0 bridgehead atoms. The Morgan fingerprint density at radius 3 is 2.53 bits per heavy atom. The van der Waals surface area contributed by atoms with Crippen molar-refractivity contribution >= 4 is 5.97 Å². The fourth-order valence-electron chi connectivity index (χ4n) is 1.75. The van der Waals surface area contributed by atoms with E-state index in [0.717, 1.165) is 0 Å². The molecule has 0 spiro atoms. The molecule has 1 aliphatic rings. The highest BCUT2D eigenvalue weighted by Crippen LogP contribution is 2.45. The molecular formula is C9H12F3NO2. The summed E-state index contributed by atoms with van der Waals surface area (Å²) in [5.74, 6) is -1.79. The molecule has 15 heavy (non-hydrogen) atoms. The van der Waals surface area contributed by atoms with Crippen molar-refractivity contribution in [2.75, 3.05) is 19.6 Å². The molecule has 0 aromatic heterocycles. The molecule has 1 fully saturated rings. The molecule has 1 atom stereocenters. The van der Waals surface area contributed by atoms with E-state index in [0.29, 0.717) is 0 Å². The maximum atomic E-state index is 12.6. The van der Waals surface area contributed by atoms with E-state index in [4.69, 9.17) is 5.11 Å². The maximum Gasteiger partial charge on any atom is 0.406 e. The first-order chi connectivity index (χ1) is 6.83. The van der Waals surface area contributed by atoms with Gasteiger partial charge in [0.1, 0.15) is 0 Å². The van der Waals surface area contributed by atoms with E-state index in [-0.39, 0.29) is 19.5 Å². The van der Waals surface area contributed by atoms with Crippen LogP contribution in [0.15, 0.2) is 12.7 Å². The molecule has 0 aromatic rings. The van der Waals surface area contributed by atoms with Gasteiger partial charge in [-0.3, -0.25) is 9.69 Å². The number of rotatable bonds is 3. The minimum absolute atomic E-state index is 0.137. The lowest BCUT2D eigenvalue weighted by Gasteiger charge is -2.27. The van der Waals surface area contributed by atoms with Gasteiger partial charge in [-0.15, -0.1) is 6.58 Å². The largest absolute Gasteiger partial charge is 0.481 e. The lowest BCUT2D eigenvalue weighted by atomic mass is 9.86. The van der Waals surface area contributed by atoms with Gasteiger partial charge in [-0.1, -0.05) is 6.08 Å². The molecule has 1 heterocycles. The molecule has 0 aliphatic carbocycles. The zero-order chi connectivity index (χ0) is 11.7. The molecule has 1 unspecified atom stereocenters. The van der Waals surface area contributed by atoms with Gasteiger partial charge >= 0.3 is 12.1 Å². The van der Waals surface area contributed by atoms with Crippen LogP contribution in [0.4, 0.5) is 13.2 Å². The normalized spacial score (nSPS) is 27.9. The van der Waals surface area contributed by atoms with Gasteiger partial charge in [0, 0.05) is 13.1 Å². The number of carbonyl (C=O) groups is 1. The van der Waals surface area contributed by atoms with Crippen molar-refractivity contribution in [3.05, 3.63) is 12.7 Å². The number of halogens is 3. The summed E-state index contributed by atoms with van der Waals surface area (Å²) >= 11 is 0. The zero-order valence-corrected chi connectivity index (χ0v) is 8.05. The second-order valence-corrected chi connectivity index (χ2v) is 3.66. The number of likely N-dealkylation sites (tertiary alicyclic amines) is 1. The number of alkyl halides is 3. The first kappa shape index (κ1) is 12.0.